The standard InChI is InChI=1S/C37H28N2O3/c40-37(38-35-17-9-7-15-33(35)27-19-23-31(24-20-27)41-29-11-3-1-4-12-29)39-36-18-10-8-16-34(36)28-21-25-32(26-22-28)42-30-13-5-2-6-14-30/h1-26H,(H2,38,39,40). The molecular formula is C37H28N2O3. The van der Waals surface area contributed by atoms with Gasteiger partial charge >= 0.3 is 6.03 Å². The molecule has 0 atom stereocenters. The number of ether oxygens (including phenoxy) is 2. The summed E-state index contributed by atoms with van der Waals surface area (Å²) in [5.41, 5.74) is 5.13. The lowest BCUT2D eigenvalue weighted by Crippen LogP contribution is -2.20. The third kappa shape index (κ3) is 6.49. The molecule has 0 radical (unpaired) electrons. The van der Waals surface area contributed by atoms with Gasteiger partial charge in [-0.25, -0.2) is 4.79 Å². The molecule has 6 aromatic carbocycles. The Morgan fingerprint density at radius 2 is 0.714 bits per heavy atom. The molecule has 0 bridgehead atoms. The van der Waals surface area contributed by atoms with Crippen molar-refractivity contribution >= 4 is 17.4 Å². The molecule has 2 N–H and O–H groups in total. The van der Waals surface area contributed by atoms with E-state index in [1.54, 1.807) is 0 Å². The highest BCUT2D eigenvalue weighted by molar-refractivity contribution is 6.04. The fourth-order valence-corrected chi connectivity index (χ4v) is 4.62. The number of amides is 2. The zero-order chi connectivity index (χ0) is 28.6. The van der Waals surface area contributed by atoms with Crippen molar-refractivity contribution in [3.8, 4) is 45.3 Å². The molecule has 0 spiro atoms. The van der Waals surface area contributed by atoms with Crippen LogP contribution in [0.4, 0.5) is 16.2 Å². The topological polar surface area (TPSA) is 59.6 Å². The van der Waals surface area contributed by atoms with E-state index < -0.39 is 0 Å². The maximum absolute atomic E-state index is 13.2. The van der Waals surface area contributed by atoms with E-state index in [1.807, 2.05) is 158 Å². The number of nitrogens with one attached hydrogen (secondary N) is 2. The number of carbonyl (C=O) groups excluding carboxylic acids is 1. The molecule has 0 saturated carbocycles. The average Bonchev–Trinajstić information content (AvgIpc) is 3.03. The molecule has 42 heavy (non-hydrogen) atoms. The van der Waals surface area contributed by atoms with Gasteiger partial charge in [-0.05, 0) is 71.8 Å². The summed E-state index contributed by atoms with van der Waals surface area (Å²) in [7, 11) is 0. The van der Waals surface area contributed by atoms with Crippen molar-refractivity contribution in [2.24, 2.45) is 0 Å². The summed E-state index contributed by atoms with van der Waals surface area (Å²) >= 11 is 0. The fraction of sp³-hybridized carbons (Fsp3) is 0. The van der Waals surface area contributed by atoms with Crippen molar-refractivity contribution < 1.29 is 14.3 Å². The molecule has 6 aromatic rings. The predicted molar refractivity (Wildman–Crippen MR) is 169 cm³/mol. The predicted octanol–water partition coefficient (Wildman–Crippen LogP) is 10.2. The minimum atomic E-state index is -0.331. The van der Waals surface area contributed by atoms with E-state index in [-0.39, 0.29) is 6.03 Å². The highest BCUT2D eigenvalue weighted by atomic mass is 16.5. The number of benzene rings is 6. The molecular weight excluding hydrogens is 520 g/mol. The van der Waals surface area contributed by atoms with Gasteiger partial charge in [-0.1, -0.05) is 97.1 Å². The summed E-state index contributed by atoms with van der Waals surface area (Å²) in [6.07, 6.45) is 0. The Morgan fingerprint density at radius 1 is 0.381 bits per heavy atom. The molecule has 5 heteroatoms. The van der Waals surface area contributed by atoms with Crippen molar-refractivity contribution in [1.82, 2.24) is 0 Å². The second-order valence-corrected chi connectivity index (χ2v) is 9.55. The van der Waals surface area contributed by atoms with Crippen LogP contribution in [0, 0.1) is 0 Å². The average molecular weight is 549 g/mol. The number of urea groups is 1. The molecule has 0 aliphatic rings. The summed E-state index contributed by atoms with van der Waals surface area (Å²) < 4.78 is 11.8. The monoisotopic (exact) mass is 548 g/mol. The van der Waals surface area contributed by atoms with Gasteiger partial charge in [0.1, 0.15) is 23.0 Å². The van der Waals surface area contributed by atoms with Gasteiger partial charge in [0.2, 0.25) is 0 Å². The van der Waals surface area contributed by atoms with Crippen LogP contribution < -0.4 is 20.1 Å². The summed E-state index contributed by atoms with van der Waals surface area (Å²) in [4.78, 5) is 13.2. The minimum absolute atomic E-state index is 0.331. The highest BCUT2D eigenvalue weighted by Crippen LogP contribution is 2.33. The molecule has 5 nitrogen and oxygen atoms in total. The number of para-hydroxylation sites is 4. The Hall–Kier alpha value is -5.81. The maximum atomic E-state index is 13.2. The molecule has 204 valence electrons. The first-order valence-corrected chi connectivity index (χ1v) is 13.6. The third-order valence-electron chi connectivity index (χ3n) is 6.64. The van der Waals surface area contributed by atoms with Crippen LogP contribution in [0.25, 0.3) is 22.3 Å². The lowest BCUT2D eigenvalue weighted by Gasteiger charge is -2.15. The number of anilines is 2. The second kappa shape index (κ2) is 12.6. The Bertz CT molecular complexity index is 1640. The van der Waals surface area contributed by atoms with Crippen LogP contribution in [0.15, 0.2) is 158 Å². The summed E-state index contributed by atoms with van der Waals surface area (Å²) in [6.45, 7) is 0. The zero-order valence-corrected chi connectivity index (χ0v) is 22.7. The van der Waals surface area contributed by atoms with E-state index in [2.05, 4.69) is 10.6 Å². The van der Waals surface area contributed by atoms with Crippen LogP contribution >= 0.6 is 0 Å². The normalized spacial score (nSPS) is 10.5. The van der Waals surface area contributed by atoms with Gasteiger partial charge in [-0.3, -0.25) is 0 Å². The SMILES string of the molecule is O=C(Nc1ccccc1-c1ccc(Oc2ccccc2)cc1)Nc1ccccc1-c1ccc(Oc2ccccc2)cc1. The van der Waals surface area contributed by atoms with Gasteiger partial charge in [0, 0.05) is 11.1 Å². The van der Waals surface area contributed by atoms with Crippen LogP contribution in [0.5, 0.6) is 23.0 Å². The molecule has 0 saturated heterocycles. The number of carbonyl (C=O) groups is 1. The Morgan fingerprint density at radius 3 is 1.12 bits per heavy atom. The number of hydrogen-bond donors (Lipinski definition) is 2. The van der Waals surface area contributed by atoms with Crippen molar-refractivity contribution in [1.29, 1.82) is 0 Å². The van der Waals surface area contributed by atoms with E-state index in [4.69, 9.17) is 9.47 Å². The summed E-state index contributed by atoms with van der Waals surface area (Å²) in [5, 5.41) is 6.05. The maximum Gasteiger partial charge on any atom is 0.323 e. The Kier molecular flexibility index (Phi) is 7.91. The number of hydrogen-bond acceptors (Lipinski definition) is 3. The van der Waals surface area contributed by atoms with E-state index in [9.17, 15) is 4.79 Å². The van der Waals surface area contributed by atoms with Gasteiger partial charge in [0.15, 0.2) is 0 Å². The fourth-order valence-electron chi connectivity index (χ4n) is 4.62. The molecule has 0 aliphatic heterocycles. The van der Waals surface area contributed by atoms with E-state index in [0.717, 1.165) is 45.3 Å². The van der Waals surface area contributed by atoms with Crippen molar-refractivity contribution in [2.45, 2.75) is 0 Å². The van der Waals surface area contributed by atoms with Crippen molar-refractivity contribution in [2.75, 3.05) is 10.6 Å². The van der Waals surface area contributed by atoms with Gasteiger partial charge < -0.3 is 20.1 Å². The van der Waals surface area contributed by atoms with Crippen LogP contribution in [0.1, 0.15) is 0 Å². The molecule has 0 aliphatic carbocycles. The van der Waals surface area contributed by atoms with Gasteiger partial charge in [-0.15, -0.1) is 0 Å². The lowest BCUT2D eigenvalue weighted by molar-refractivity contribution is 0.262. The van der Waals surface area contributed by atoms with E-state index in [1.165, 1.54) is 0 Å². The number of rotatable bonds is 8. The minimum Gasteiger partial charge on any atom is -0.457 e. The summed E-state index contributed by atoms with van der Waals surface area (Å²) in [6, 6.07) is 50.1. The smallest absolute Gasteiger partial charge is 0.323 e. The molecule has 0 fully saturated rings. The van der Waals surface area contributed by atoms with Crippen LogP contribution in [-0.2, 0) is 0 Å². The molecule has 2 amide bonds. The first-order valence-electron chi connectivity index (χ1n) is 13.6. The first kappa shape index (κ1) is 26.4. The highest BCUT2D eigenvalue weighted by Gasteiger charge is 2.12. The zero-order valence-electron chi connectivity index (χ0n) is 22.7. The molecule has 0 unspecified atom stereocenters. The quantitative estimate of drug-likeness (QED) is 0.199. The van der Waals surface area contributed by atoms with Crippen LogP contribution in [0.3, 0.4) is 0 Å². The molecule has 6 rings (SSSR count). The van der Waals surface area contributed by atoms with Gasteiger partial charge in [0.25, 0.3) is 0 Å². The molecule has 0 aromatic heterocycles. The lowest BCUT2D eigenvalue weighted by atomic mass is 10.0. The van der Waals surface area contributed by atoms with Crippen molar-refractivity contribution in [3.63, 3.8) is 0 Å². The first-order chi connectivity index (χ1) is 20.7. The van der Waals surface area contributed by atoms with E-state index >= 15 is 0 Å². The van der Waals surface area contributed by atoms with Gasteiger partial charge in [0.05, 0.1) is 11.4 Å². The van der Waals surface area contributed by atoms with E-state index in [0.29, 0.717) is 11.4 Å². The summed E-state index contributed by atoms with van der Waals surface area (Å²) in [5.74, 6) is 3.04. The van der Waals surface area contributed by atoms with Crippen LogP contribution in [0.2, 0.25) is 0 Å². The van der Waals surface area contributed by atoms with Gasteiger partial charge in [-0.2, -0.15) is 0 Å². The molecule has 0 heterocycles. The Balaban J connectivity index is 1.15. The Labute approximate surface area is 245 Å². The van der Waals surface area contributed by atoms with Crippen LogP contribution in [-0.4, -0.2) is 6.03 Å². The van der Waals surface area contributed by atoms with Crippen molar-refractivity contribution in [3.05, 3.63) is 158 Å². The second-order valence-electron chi connectivity index (χ2n) is 9.55. The third-order valence-corrected chi connectivity index (χ3v) is 6.64. The largest absolute Gasteiger partial charge is 0.457 e.